The lowest BCUT2D eigenvalue weighted by atomic mass is 10.1. The second kappa shape index (κ2) is 10.6. The highest BCUT2D eigenvalue weighted by atomic mass is 16.7. The molecule has 6 rings (SSSR count). The van der Waals surface area contributed by atoms with Gasteiger partial charge in [-0.2, -0.15) is 0 Å². The van der Waals surface area contributed by atoms with Gasteiger partial charge in [0.1, 0.15) is 5.82 Å². The van der Waals surface area contributed by atoms with E-state index in [0.717, 1.165) is 73.4 Å². The van der Waals surface area contributed by atoms with Crippen molar-refractivity contribution < 1.29 is 18.9 Å². The molecule has 2 aliphatic heterocycles. The molecule has 1 aromatic heterocycles. The minimum Gasteiger partial charge on any atom is -0.454 e. The molecule has 2 aliphatic rings. The largest absolute Gasteiger partial charge is 0.454 e. The van der Waals surface area contributed by atoms with Gasteiger partial charge in [-0.25, -0.2) is 4.98 Å². The van der Waals surface area contributed by atoms with Gasteiger partial charge in [-0.1, -0.05) is 55.8 Å². The fourth-order valence-electron chi connectivity index (χ4n) is 4.91. The van der Waals surface area contributed by atoms with Crippen LogP contribution in [0.25, 0.3) is 11.4 Å². The summed E-state index contributed by atoms with van der Waals surface area (Å²) in [6.45, 7) is 5.99. The van der Waals surface area contributed by atoms with Gasteiger partial charge in [0.25, 0.3) is 0 Å². The molecule has 0 saturated carbocycles. The van der Waals surface area contributed by atoms with Gasteiger partial charge in [0.15, 0.2) is 23.0 Å². The molecule has 0 unspecified atom stereocenters. The molecular formula is C30H31N3O4. The van der Waals surface area contributed by atoms with Gasteiger partial charge in [0.2, 0.25) is 13.6 Å². The molecule has 0 N–H and O–H groups in total. The molecule has 0 bridgehead atoms. The van der Waals surface area contributed by atoms with Crippen molar-refractivity contribution in [1.29, 1.82) is 0 Å². The quantitative estimate of drug-likeness (QED) is 0.267. The van der Waals surface area contributed by atoms with E-state index in [-0.39, 0.29) is 13.6 Å². The summed E-state index contributed by atoms with van der Waals surface area (Å²) in [6.07, 6.45) is 4.27. The fraction of sp³-hybridized carbons (Fsp3) is 0.300. The molecule has 0 aliphatic carbocycles. The third-order valence-corrected chi connectivity index (χ3v) is 6.78. The Hall–Kier alpha value is -3.97. The lowest BCUT2D eigenvalue weighted by molar-refractivity contribution is 0.173. The van der Waals surface area contributed by atoms with Crippen LogP contribution in [0.2, 0.25) is 0 Å². The minimum atomic E-state index is 0.276. The molecule has 7 nitrogen and oxygen atoms in total. The number of rotatable bonds is 10. The van der Waals surface area contributed by atoms with Crippen LogP contribution < -0.4 is 18.9 Å². The molecule has 0 radical (unpaired) electrons. The molecule has 3 heterocycles. The Kier molecular flexibility index (Phi) is 6.69. The van der Waals surface area contributed by atoms with E-state index in [2.05, 4.69) is 64.9 Å². The van der Waals surface area contributed by atoms with Gasteiger partial charge in [0, 0.05) is 31.7 Å². The zero-order chi connectivity index (χ0) is 25.0. The summed E-state index contributed by atoms with van der Waals surface area (Å²) >= 11 is 0. The van der Waals surface area contributed by atoms with Crippen LogP contribution in [-0.4, -0.2) is 28.0 Å². The van der Waals surface area contributed by atoms with E-state index in [1.807, 2.05) is 24.4 Å². The number of ether oxygens (including phenoxy) is 4. The molecular weight excluding hydrogens is 466 g/mol. The summed E-state index contributed by atoms with van der Waals surface area (Å²) in [5, 5.41) is 0. The maximum atomic E-state index is 5.64. The van der Waals surface area contributed by atoms with Crippen molar-refractivity contribution in [2.45, 2.75) is 45.9 Å². The average Bonchev–Trinajstić information content (AvgIpc) is 3.67. The van der Waals surface area contributed by atoms with Crippen molar-refractivity contribution in [1.82, 2.24) is 14.5 Å². The molecule has 190 valence electrons. The SMILES string of the molecule is CCCCn1c(CN(Cc2ccc3c(c2)OCO3)Cc2ccc3c(c2)OCO3)cnc1-c1ccccc1. The van der Waals surface area contributed by atoms with Crippen LogP contribution >= 0.6 is 0 Å². The number of imidazole rings is 1. The van der Waals surface area contributed by atoms with Crippen LogP contribution in [0.15, 0.2) is 72.9 Å². The first kappa shape index (κ1) is 23.4. The van der Waals surface area contributed by atoms with E-state index < -0.39 is 0 Å². The molecule has 0 amide bonds. The molecule has 0 spiro atoms. The number of unbranched alkanes of at least 4 members (excludes halogenated alkanes) is 1. The number of fused-ring (bicyclic) bond motifs is 2. The zero-order valence-electron chi connectivity index (χ0n) is 21.1. The van der Waals surface area contributed by atoms with E-state index in [1.54, 1.807) is 0 Å². The first-order chi connectivity index (χ1) is 18.3. The molecule has 0 saturated heterocycles. The predicted molar refractivity (Wildman–Crippen MR) is 141 cm³/mol. The predicted octanol–water partition coefficient (Wildman–Crippen LogP) is 6.01. The third-order valence-electron chi connectivity index (χ3n) is 6.78. The Morgan fingerprint density at radius 3 is 2.00 bits per heavy atom. The Bertz CT molecular complexity index is 1310. The van der Waals surface area contributed by atoms with Gasteiger partial charge >= 0.3 is 0 Å². The number of aromatic nitrogens is 2. The molecule has 37 heavy (non-hydrogen) atoms. The van der Waals surface area contributed by atoms with Crippen molar-refractivity contribution in [2.75, 3.05) is 13.6 Å². The molecule has 0 fully saturated rings. The summed E-state index contributed by atoms with van der Waals surface area (Å²) in [7, 11) is 0. The fourth-order valence-corrected chi connectivity index (χ4v) is 4.91. The van der Waals surface area contributed by atoms with Gasteiger partial charge in [-0.05, 0) is 41.8 Å². The lowest BCUT2D eigenvalue weighted by Crippen LogP contribution is -2.24. The van der Waals surface area contributed by atoms with E-state index in [4.69, 9.17) is 23.9 Å². The average molecular weight is 498 g/mol. The van der Waals surface area contributed by atoms with Crippen LogP contribution in [0.4, 0.5) is 0 Å². The molecule has 0 atom stereocenters. The third kappa shape index (κ3) is 5.13. The Morgan fingerprint density at radius 1 is 0.757 bits per heavy atom. The highest BCUT2D eigenvalue weighted by Crippen LogP contribution is 2.35. The Labute approximate surface area is 217 Å². The van der Waals surface area contributed by atoms with Crippen LogP contribution in [0.3, 0.4) is 0 Å². The van der Waals surface area contributed by atoms with E-state index in [0.29, 0.717) is 0 Å². The van der Waals surface area contributed by atoms with Gasteiger partial charge in [-0.3, -0.25) is 4.90 Å². The Morgan fingerprint density at radius 2 is 1.38 bits per heavy atom. The first-order valence-corrected chi connectivity index (χ1v) is 12.9. The number of hydrogen-bond acceptors (Lipinski definition) is 6. The standard InChI is InChI=1S/C30H31N3O4/c1-2-3-13-33-25(16-31-30(33)24-7-5-4-6-8-24)19-32(17-22-9-11-26-28(14-22)36-20-34-26)18-23-10-12-27-29(15-23)37-21-35-27/h4-12,14-16H,2-3,13,17-21H2,1H3. The van der Waals surface area contributed by atoms with E-state index in [1.165, 1.54) is 16.8 Å². The lowest BCUT2D eigenvalue weighted by Gasteiger charge is -2.24. The van der Waals surface area contributed by atoms with Gasteiger partial charge in [-0.15, -0.1) is 0 Å². The molecule has 3 aromatic carbocycles. The number of nitrogens with zero attached hydrogens (tertiary/aromatic N) is 3. The van der Waals surface area contributed by atoms with Crippen molar-refractivity contribution in [2.24, 2.45) is 0 Å². The topological polar surface area (TPSA) is 58.0 Å². The maximum Gasteiger partial charge on any atom is 0.231 e. The smallest absolute Gasteiger partial charge is 0.231 e. The Balaban J connectivity index is 1.30. The second-order valence-electron chi connectivity index (χ2n) is 9.46. The highest BCUT2D eigenvalue weighted by molar-refractivity contribution is 5.56. The van der Waals surface area contributed by atoms with Crippen LogP contribution in [0.5, 0.6) is 23.0 Å². The van der Waals surface area contributed by atoms with Gasteiger partial charge in [0.05, 0.1) is 11.9 Å². The summed E-state index contributed by atoms with van der Waals surface area (Å²) in [5.74, 6) is 4.24. The molecule has 4 aromatic rings. The van der Waals surface area contributed by atoms with E-state index in [9.17, 15) is 0 Å². The summed E-state index contributed by atoms with van der Waals surface area (Å²) in [6, 6.07) is 22.8. The normalized spacial score (nSPS) is 13.5. The zero-order valence-corrected chi connectivity index (χ0v) is 21.1. The maximum absolute atomic E-state index is 5.64. The summed E-state index contributed by atoms with van der Waals surface area (Å²) in [5.41, 5.74) is 4.69. The van der Waals surface area contributed by atoms with Crippen molar-refractivity contribution >= 4 is 0 Å². The minimum absolute atomic E-state index is 0.276. The second-order valence-corrected chi connectivity index (χ2v) is 9.46. The number of benzene rings is 3. The van der Waals surface area contributed by atoms with Crippen molar-refractivity contribution in [3.8, 4) is 34.4 Å². The van der Waals surface area contributed by atoms with Crippen molar-refractivity contribution in [3.05, 3.63) is 89.7 Å². The van der Waals surface area contributed by atoms with Gasteiger partial charge < -0.3 is 23.5 Å². The van der Waals surface area contributed by atoms with E-state index >= 15 is 0 Å². The van der Waals surface area contributed by atoms with Crippen LogP contribution in [0, 0.1) is 0 Å². The first-order valence-electron chi connectivity index (χ1n) is 12.9. The summed E-state index contributed by atoms with van der Waals surface area (Å²) < 4.78 is 24.7. The monoisotopic (exact) mass is 497 g/mol. The number of hydrogen-bond donors (Lipinski definition) is 0. The molecule has 7 heteroatoms. The van der Waals surface area contributed by atoms with Crippen LogP contribution in [0.1, 0.15) is 36.6 Å². The summed E-state index contributed by atoms with van der Waals surface area (Å²) in [4.78, 5) is 7.30. The highest BCUT2D eigenvalue weighted by Gasteiger charge is 2.20. The van der Waals surface area contributed by atoms with Crippen LogP contribution in [-0.2, 0) is 26.2 Å². The van der Waals surface area contributed by atoms with Crippen molar-refractivity contribution in [3.63, 3.8) is 0 Å².